The molecule has 7 atom stereocenters. The third kappa shape index (κ3) is 19.6. The average Bonchev–Trinajstić information content (AvgIpc) is 1.67. The molecule has 8 aromatic rings. The first-order valence-corrected chi connectivity index (χ1v) is 45.4. The first kappa shape index (κ1) is 93.8. The highest BCUT2D eigenvalue weighted by atomic mass is 35.5. The molecular formula is C82H104Cl3F8N23O4S4. The van der Waals surface area contributed by atoms with Gasteiger partial charge in [-0.15, -0.1) is 0 Å². The number of aromatic nitrogens is 11. The van der Waals surface area contributed by atoms with Crippen molar-refractivity contribution >= 4 is 129 Å². The van der Waals surface area contributed by atoms with Gasteiger partial charge in [-0.3, -0.25) is 52.4 Å². The Bertz CT molecular complexity index is 5510. The van der Waals surface area contributed by atoms with Gasteiger partial charge in [0.05, 0.1) is 26.7 Å². The van der Waals surface area contributed by atoms with Gasteiger partial charge in [0.25, 0.3) is 22.2 Å². The summed E-state index contributed by atoms with van der Waals surface area (Å²) in [6, 6.07) is 12.7. The van der Waals surface area contributed by atoms with E-state index in [1.165, 1.54) is 76.4 Å². The largest absolute Gasteiger partial charge is 0.434 e. The number of anilines is 8. The molecule has 4 saturated heterocycles. The van der Waals surface area contributed by atoms with E-state index in [-0.39, 0.29) is 104 Å². The van der Waals surface area contributed by atoms with Gasteiger partial charge in [0, 0.05) is 162 Å². The lowest BCUT2D eigenvalue weighted by atomic mass is 9.74. The second-order valence-electron chi connectivity index (χ2n) is 34.5. The van der Waals surface area contributed by atoms with Crippen LogP contribution in [0.5, 0.6) is 0 Å². The first-order chi connectivity index (χ1) is 58.4. The van der Waals surface area contributed by atoms with Crippen molar-refractivity contribution < 1.29 is 35.1 Å². The summed E-state index contributed by atoms with van der Waals surface area (Å²) in [4.78, 5) is 92.4. The smallest absolute Gasteiger partial charge is 0.382 e. The molecule has 4 saturated carbocycles. The summed E-state index contributed by atoms with van der Waals surface area (Å²) in [6.07, 6.45) is 6.87. The molecule has 16 N–H and O–H groups in total. The Morgan fingerprint density at radius 2 is 0.798 bits per heavy atom. The molecule has 7 aromatic heterocycles. The van der Waals surface area contributed by atoms with Crippen LogP contribution in [0.4, 0.5) is 82.2 Å². The highest BCUT2D eigenvalue weighted by Gasteiger charge is 2.57. The standard InChI is InChI=1S/C21H29ClN6OS.C21H24F6N6OS.C20H24ClF2N5OS.C20H27ClN6OS/c1-12-10-15(23)21(11-12)5-8-28(9-6-21)20-26-18(24)17(19(29)27(20)3)30-14-4-7-25-13(2)16(14)22;1-32-17(34)14(35-12-3-2-6-30-15(12)21(25,26)27)16(29)31-18(32)33-7-4-19(5-8-33)10-11(9-13(19)28)20(22,23)24;1-27-17(29)15(30-13-5-3-2-4-12(13)21)16(25)26-18(27)28-8-6-19(7-9-28)11-20(22,23)10-14(19)24;1-12-9-15(22)20(10-12)4-7-27(8-5-20)19-25-17(23)16(18(28)26(19)2)29-14-3-6-24-11-13(14)21/h4,7,12,15H,5-6,8-11,23-24H2,1-3H3;2-3,6,11,13H,4-5,7-10,28-29H2,1H3;2-5,14H,6-11,24-25H2,1H3;3,6,11-12,15H,4-5,7-10,22-23H2,1-2H3/t12-,15+;11-,13+;14-;12-,15+/m0010/s1. The summed E-state index contributed by atoms with van der Waals surface area (Å²) in [5, 5.41) is 1.53. The number of piperidine rings is 4. The first-order valence-electron chi connectivity index (χ1n) is 41.0. The fourth-order valence-corrected chi connectivity index (χ4v) is 23.9. The maximum absolute atomic E-state index is 13.9. The maximum Gasteiger partial charge on any atom is 0.434 e. The van der Waals surface area contributed by atoms with Gasteiger partial charge in [0.1, 0.15) is 42.9 Å². The second-order valence-corrected chi connectivity index (χ2v) is 39.9. The number of pyridine rings is 3. The molecule has 0 amide bonds. The Morgan fingerprint density at radius 1 is 0.435 bits per heavy atom. The van der Waals surface area contributed by atoms with Gasteiger partial charge in [-0.1, -0.05) is 108 Å². The normalized spacial score (nSPS) is 23.0. The van der Waals surface area contributed by atoms with Crippen molar-refractivity contribution in [1.29, 1.82) is 0 Å². The van der Waals surface area contributed by atoms with Crippen LogP contribution in [-0.2, 0) is 34.4 Å². The van der Waals surface area contributed by atoms with Gasteiger partial charge in [0.15, 0.2) is 5.69 Å². The number of rotatable bonds is 12. The van der Waals surface area contributed by atoms with E-state index in [2.05, 4.69) is 58.5 Å². The van der Waals surface area contributed by atoms with E-state index in [0.717, 1.165) is 80.7 Å². The Balaban J connectivity index is 0.000000142. The van der Waals surface area contributed by atoms with Crippen LogP contribution in [0.2, 0.25) is 15.1 Å². The topological polar surface area (TPSA) is 399 Å². The van der Waals surface area contributed by atoms with Crippen molar-refractivity contribution in [2.24, 2.45) is 90.5 Å². The summed E-state index contributed by atoms with van der Waals surface area (Å²) in [5.74, 6) is -0.523. The van der Waals surface area contributed by atoms with Gasteiger partial charge in [-0.25, -0.2) is 8.78 Å². The Kier molecular flexibility index (Phi) is 28.0. The van der Waals surface area contributed by atoms with Crippen LogP contribution in [0.1, 0.15) is 128 Å². The molecule has 11 heterocycles. The van der Waals surface area contributed by atoms with Crippen LogP contribution in [0.3, 0.4) is 0 Å². The van der Waals surface area contributed by atoms with Gasteiger partial charge < -0.3 is 65.5 Å². The third-order valence-electron chi connectivity index (χ3n) is 26.4. The minimum atomic E-state index is -4.72. The molecule has 0 radical (unpaired) electrons. The van der Waals surface area contributed by atoms with E-state index in [9.17, 15) is 54.3 Å². The van der Waals surface area contributed by atoms with Gasteiger partial charge in [0.2, 0.25) is 29.7 Å². The number of nitrogens with zero attached hydrogens (tertiary/aromatic N) is 15. The molecule has 27 nitrogen and oxygen atoms in total. The van der Waals surface area contributed by atoms with Crippen molar-refractivity contribution in [3.8, 4) is 0 Å². The summed E-state index contributed by atoms with van der Waals surface area (Å²) in [6.45, 7) is 11.4. The second kappa shape index (κ2) is 37.1. The number of hydrogen-bond donors (Lipinski definition) is 8. The number of nitrogens with two attached hydrogens (primary N) is 8. The predicted octanol–water partition coefficient (Wildman–Crippen LogP) is 13.4. The highest BCUT2D eigenvalue weighted by Crippen LogP contribution is 2.56. The third-order valence-corrected chi connectivity index (χ3v) is 32.5. The molecule has 0 bridgehead atoms. The van der Waals surface area contributed by atoms with Gasteiger partial charge in [-0.05, 0) is 167 Å². The molecule has 1 aromatic carbocycles. The Labute approximate surface area is 744 Å². The van der Waals surface area contributed by atoms with E-state index in [1.54, 1.807) is 72.0 Å². The van der Waals surface area contributed by atoms with Gasteiger partial charge in [-0.2, -0.15) is 46.3 Å². The number of nitrogen functional groups attached to an aromatic ring is 4. The molecule has 0 unspecified atom stereocenters. The van der Waals surface area contributed by atoms with Crippen LogP contribution in [0.15, 0.2) is 132 Å². The molecule has 4 aliphatic heterocycles. The number of hydrogen-bond acceptors (Lipinski definition) is 27. The maximum atomic E-state index is 13.9. The summed E-state index contributed by atoms with van der Waals surface area (Å²) in [7, 11) is 6.56. The van der Waals surface area contributed by atoms with Crippen molar-refractivity contribution in [3.63, 3.8) is 0 Å². The fourth-order valence-electron chi connectivity index (χ4n) is 19.5. The molecule has 124 heavy (non-hydrogen) atoms. The predicted molar refractivity (Wildman–Crippen MR) is 473 cm³/mol. The van der Waals surface area contributed by atoms with E-state index < -0.39 is 58.4 Å². The van der Waals surface area contributed by atoms with E-state index in [0.29, 0.717) is 134 Å². The van der Waals surface area contributed by atoms with E-state index in [1.807, 2.05) is 30.0 Å². The lowest BCUT2D eigenvalue weighted by Crippen LogP contribution is -2.48. The monoisotopic (exact) mass is 1860 g/mol. The molecule has 4 spiro atoms. The highest BCUT2D eigenvalue weighted by molar-refractivity contribution is 8.00. The number of halogens is 11. The zero-order valence-electron chi connectivity index (χ0n) is 69.7. The molecular weight excluding hydrogens is 1760 g/mol. The molecule has 4 aliphatic carbocycles. The molecule has 8 aliphatic rings. The SMILES string of the molecule is C[C@H]1C[C@@H](N)C2(CCN(c3nc(N)c(Sc4ccncc4Cl)c(=O)n3C)CC2)C1.Cc1nccc(Sc2c(N)nc(N3CCC4(CC3)C[C@@H](C)C[C@H]4N)n(C)c2=O)c1Cl.Cn1c(N2CCC3(CC2)CC(F)(F)C[C@H]3N)nc(N)c(Sc2ccccc2Cl)c1=O.Cn1c(N2CCC3(CC2)C[C@@H](C(F)(F)F)C[C@H]3N)nc(N)c(Sc2cccnc2C(F)(F)F)c1=O. The van der Waals surface area contributed by atoms with Crippen LogP contribution in [0.25, 0.3) is 0 Å². The number of aryl methyl sites for hydroxylation is 1. The molecule has 42 heteroatoms. The minimum absolute atomic E-state index is 0.0256. The Morgan fingerprint density at radius 3 is 1.16 bits per heavy atom. The van der Waals surface area contributed by atoms with Gasteiger partial charge >= 0.3 is 12.4 Å². The van der Waals surface area contributed by atoms with E-state index in [4.69, 9.17) is 80.7 Å². The van der Waals surface area contributed by atoms with Crippen molar-refractivity contribution in [1.82, 2.24) is 53.2 Å². The quantitative estimate of drug-likeness (QED) is 0.0527. The summed E-state index contributed by atoms with van der Waals surface area (Å²) in [5.41, 5.74) is 47.3. The van der Waals surface area contributed by atoms with Crippen molar-refractivity contribution in [2.75, 3.05) is 94.9 Å². The van der Waals surface area contributed by atoms with Crippen LogP contribution in [-0.4, -0.2) is 142 Å². The van der Waals surface area contributed by atoms with Crippen LogP contribution < -0.4 is 87.7 Å². The average molecular weight is 1860 g/mol. The zero-order valence-corrected chi connectivity index (χ0v) is 75.2. The van der Waals surface area contributed by atoms with Crippen LogP contribution in [0, 0.1) is 46.3 Å². The molecule has 8 fully saturated rings. The van der Waals surface area contributed by atoms with Crippen molar-refractivity contribution in [3.05, 3.63) is 141 Å². The number of benzene rings is 1. The lowest BCUT2D eigenvalue weighted by molar-refractivity contribution is -0.174. The molecule has 672 valence electrons. The minimum Gasteiger partial charge on any atom is -0.382 e. The Hall–Kier alpha value is -7.86. The summed E-state index contributed by atoms with van der Waals surface area (Å²) < 4.78 is 113. The van der Waals surface area contributed by atoms with Crippen molar-refractivity contribution in [2.45, 2.75) is 205 Å². The summed E-state index contributed by atoms with van der Waals surface area (Å²) >= 11 is 22.9. The zero-order chi connectivity index (χ0) is 89.8. The van der Waals surface area contributed by atoms with E-state index >= 15 is 0 Å². The lowest BCUT2D eigenvalue weighted by Gasteiger charge is -2.42. The molecule has 16 rings (SSSR count). The van der Waals surface area contributed by atoms with Crippen LogP contribution >= 0.6 is 81.9 Å². The number of alkyl halides is 8. The fraction of sp³-hybridized carbons (Fsp3) is 0.549.